The van der Waals surface area contributed by atoms with Gasteiger partial charge in [0.15, 0.2) is 11.9 Å². The fraction of sp³-hybridized carbons (Fsp3) is 0.625. The number of esters is 1. The maximum absolute atomic E-state index is 11.0. The molecule has 0 spiro atoms. The molecule has 2 atom stereocenters. The average molecular weight is 204 g/mol. The first kappa shape index (κ1) is 10.8. The molecular weight excluding hydrogens is 192 g/mol. The van der Waals surface area contributed by atoms with Crippen LogP contribution in [-0.2, 0) is 14.3 Å². The molecule has 0 aromatic carbocycles. The molecule has 1 unspecified atom stereocenters. The molecule has 0 saturated carbocycles. The summed E-state index contributed by atoms with van der Waals surface area (Å²) < 4.78 is 9.41. The Hall–Kier alpha value is -1.27. The molecule has 0 aliphatic carbocycles. The maximum Gasteiger partial charge on any atom is 0.378 e. The zero-order chi connectivity index (χ0) is 10.7. The third-order valence-corrected chi connectivity index (χ3v) is 1.75. The van der Waals surface area contributed by atoms with Crippen LogP contribution in [0.4, 0.5) is 0 Å². The first-order valence-corrected chi connectivity index (χ1v) is 4.17. The van der Waals surface area contributed by atoms with Gasteiger partial charge in [-0.1, -0.05) is 0 Å². The highest BCUT2D eigenvalue weighted by molar-refractivity contribution is 5.89. The van der Waals surface area contributed by atoms with Crippen LogP contribution in [0, 0.1) is 0 Å². The number of hydrogen-bond acceptors (Lipinski definition) is 6. The molecule has 0 amide bonds. The number of carbonyl (C=O) groups is 1. The molecule has 0 radical (unpaired) electrons. The molecule has 0 bridgehead atoms. The molecule has 6 heteroatoms. The molecule has 6 nitrogen and oxygen atoms in total. The van der Waals surface area contributed by atoms with Crippen LogP contribution in [0.2, 0.25) is 0 Å². The lowest BCUT2D eigenvalue weighted by atomic mass is 10.2. The molecule has 0 saturated heterocycles. The van der Waals surface area contributed by atoms with Gasteiger partial charge >= 0.3 is 5.97 Å². The maximum atomic E-state index is 11.0. The number of hydrogen-bond donors (Lipinski definition) is 3. The van der Waals surface area contributed by atoms with Gasteiger partial charge in [0, 0.05) is 0 Å². The predicted octanol–water partition coefficient (Wildman–Crippen LogP) is -0.929. The second-order valence-corrected chi connectivity index (χ2v) is 2.72. The van der Waals surface area contributed by atoms with Crippen LogP contribution in [0.3, 0.4) is 0 Å². The summed E-state index contributed by atoms with van der Waals surface area (Å²) in [5, 5.41) is 27.1. The third-order valence-electron chi connectivity index (χ3n) is 1.75. The van der Waals surface area contributed by atoms with E-state index in [1.54, 1.807) is 6.92 Å². The summed E-state index contributed by atoms with van der Waals surface area (Å²) >= 11 is 0. The van der Waals surface area contributed by atoms with Crippen molar-refractivity contribution in [2.24, 2.45) is 0 Å². The second kappa shape index (κ2) is 4.30. The van der Waals surface area contributed by atoms with Crippen molar-refractivity contribution in [1.82, 2.24) is 0 Å². The van der Waals surface area contributed by atoms with Gasteiger partial charge in [-0.3, -0.25) is 0 Å². The summed E-state index contributed by atoms with van der Waals surface area (Å²) in [6, 6.07) is 0. The predicted molar refractivity (Wildman–Crippen MR) is 44.3 cm³/mol. The Morgan fingerprint density at radius 3 is 2.79 bits per heavy atom. The normalized spacial score (nSPS) is 23.6. The number of carbonyl (C=O) groups excluding carboxylic acids is 1. The van der Waals surface area contributed by atoms with Gasteiger partial charge in [-0.15, -0.1) is 0 Å². The van der Waals surface area contributed by atoms with E-state index in [0.29, 0.717) is 0 Å². The standard InChI is InChI=1S/C8H12O6/c1-2-13-7-5(11)6(4(10)3-9)14-8(7)12/h4,6,9-11H,2-3H2,1H3/t4-,6?/m0/s1. The summed E-state index contributed by atoms with van der Waals surface area (Å²) in [6.45, 7) is 1.24. The van der Waals surface area contributed by atoms with E-state index < -0.39 is 30.5 Å². The molecular formula is C8H12O6. The van der Waals surface area contributed by atoms with Gasteiger partial charge in [-0.25, -0.2) is 4.79 Å². The van der Waals surface area contributed by atoms with Crippen molar-refractivity contribution >= 4 is 5.97 Å². The minimum absolute atomic E-state index is 0.205. The van der Waals surface area contributed by atoms with Gasteiger partial charge in [0.2, 0.25) is 5.76 Å². The minimum Gasteiger partial charge on any atom is -0.505 e. The SMILES string of the molecule is CCOC1=C(O)C([C@@H](O)CO)OC1=O. The monoisotopic (exact) mass is 204 g/mol. The van der Waals surface area contributed by atoms with Crippen molar-refractivity contribution in [2.75, 3.05) is 13.2 Å². The summed E-state index contributed by atoms with van der Waals surface area (Å²) in [6.07, 6.45) is -2.56. The summed E-state index contributed by atoms with van der Waals surface area (Å²) in [4.78, 5) is 11.0. The van der Waals surface area contributed by atoms with Crippen LogP contribution >= 0.6 is 0 Å². The number of rotatable bonds is 4. The van der Waals surface area contributed by atoms with Crippen molar-refractivity contribution in [3.8, 4) is 0 Å². The summed E-state index contributed by atoms with van der Waals surface area (Å²) in [7, 11) is 0. The molecule has 1 rings (SSSR count). The van der Waals surface area contributed by atoms with Crippen LogP contribution in [0.5, 0.6) is 0 Å². The molecule has 1 aliphatic heterocycles. The van der Waals surface area contributed by atoms with Gasteiger partial charge in [0.1, 0.15) is 6.10 Å². The van der Waals surface area contributed by atoms with E-state index in [1.165, 1.54) is 0 Å². The fourth-order valence-electron chi connectivity index (χ4n) is 1.09. The van der Waals surface area contributed by atoms with Crippen LogP contribution in [0.15, 0.2) is 11.5 Å². The van der Waals surface area contributed by atoms with Crippen molar-refractivity contribution in [3.05, 3.63) is 11.5 Å². The van der Waals surface area contributed by atoms with Crippen molar-refractivity contribution in [1.29, 1.82) is 0 Å². The lowest BCUT2D eigenvalue weighted by Gasteiger charge is -2.13. The number of aliphatic hydroxyl groups excluding tert-OH is 3. The van der Waals surface area contributed by atoms with E-state index in [-0.39, 0.29) is 12.4 Å². The number of aliphatic hydroxyl groups is 3. The second-order valence-electron chi connectivity index (χ2n) is 2.72. The van der Waals surface area contributed by atoms with E-state index in [1.807, 2.05) is 0 Å². The van der Waals surface area contributed by atoms with Crippen molar-refractivity contribution < 1.29 is 29.6 Å². The number of ether oxygens (including phenoxy) is 2. The van der Waals surface area contributed by atoms with E-state index in [0.717, 1.165) is 0 Å². The Labute approximate surface area is 80.4 Å². The first-order valence-electron chi connectivity index (χ1n) is 4.17. The Balaban J connectivity index is 2.81. The minimum atomic E-state index is -1.34. The lowest BCUT2D eigenvalue weighted by molar-refractivity contribution is -0.148. The molecule has 80 valence electrons. The van der Waals surface area contributed by atoms with Gasteiger partial charge in [-0.2, -0.15) is 0 Å². The van der Waals surface area contributed by atoms with E-state index in [9.17, 15) is 9.90 Å². The highest BCUT2D eigenvalue weighted by Gasteiger charge is 2.40. The van der Waals surface area contributed by atoms with E-state index >= 15 is 0 Å². The van der Waals surface area contributed by atoms with Crippen molar-refractivity contribution in [3.63, 3.8) is 0 Å². The van der Waals surface area contributed by atoms with Crippen LogP contribution in [0.25, 0.3) is 0 Å². The Kier molecular flexibility index (Phi) is 3.32. The van der Waals surface area contributed by atoms with Gasteiger partial charge < -0.3 is 24.8 Å². The Morgan fingerprint density at radius 1 is 1.64 bits per heavy atom. The highest BCUT2D eigenvalue weighted by atomic mass is 16.6. The first-order chi connectivity index (χ1) is 6.61. The fourth-order valence-corrected chi connectivity index (χ4v) is 1.09. The Morgan fingerprint density at radius 2 is 2.29 bits per heavy atom. The van der Waals surface area contributed by atoms with Gasteiger partial charge in [0.05, 0.1) is 13.2 Å². The van der Waals surface area contributed by atoms with Crippen LogP contribution in [-0.4, -0.2) is 46.7 Å². The molecule has 3 N–H and O–H groups in total. The average Bonchev–Trinajstić information content (AvgIpc) is 2.45. The topological polar surface area (TPSA) is 96.2 Å². The molecule has 0 fully saturated rings. The van der Waals surface area contributed by atoms with Crippen molar-refractivity contribution in [2.45, 2.75) is 19.1 Å². The smallest absolute Gasteiger partial charge is 0.378 e. The molecule has 1 aliphatic rings. The zero-order valence-corrected chi connectivity index (χ0v) is 7.64. The molecule has 1 heterocycles. The molecule has 0 aromatic rings. The molecule has 0 aromatic heterocycles. The number of cyclic esters (lactones) is 1. The lowest BCUT2D eigenvalue weighted by Crippen LogP contribution is -2.31. The van der Waals surface area contributed by atoms with Gasteiger partial charge in [-0.05, 0) is 6.92 Å². The quantitative estimate of drug-likeness (QED) is 0.512. The summed E-state index contributed by atoms with van der Waals surface area (Å²) in [5.41, 5.74) is 0. The third kappa shape index (κ3) is 1.80. The largest absolute Gasteiger partial charge is 0.505 e. The van der Waals surface area contributed by atoms with Gasteiger partial charge in [0.25, 0.3) is 0 Å². The van der Waals surface area contributed by atoms with Crippen LogP contribution < -0.4 is 0 Å². The van der Waals surface area contributed by atoms with E-state index in [2.05, 4.69) is 4.74 Å². The highest BCUT2D eigenvalue weighted by Crippen LogP contribution is 2.23. The molecule has 14 heavy (non-hydrogen) atoms. The zero-order valence-electron chi connectivity index (χ0n) is 7.64. The van der Waals surface area contributed by atoms with E-state index in [4.69, 9.17) is 14.9 Å². The Bertz CT molecular complexity index is 259. The summed E-state index contributed by atoms with van der Waals surface area (Å²) in [5.74, 6) is -1.61. The van der Waals surface area contributed by atoms with Crippen LogP contribution in [0.1, 0.15) is 6.92 Å².